The highest BCUT2D eigenvalue weighted by molar-refractivity contribution is 6.30. The van der Waals surface area contributed by atoms with Crippen molar-refractivity contribution < 1.29 is 27.6 Å². The van der Waals surface area contributed by atoms with Crippen LogP contribution in [0.3, 0.4) is 0 Å². The fourth-order valence-corrected chi connectivity index (χ4v) is 4.00. The van der Waals surface area contributed by atoms with Crippen molar-refractivity contribution in [1.82, 2.24) is 16.0 Å². The van der Waals surface area contributed by atoms with Crippen LogP contribution in [0.25, 0.3) is 11.1 Å². The Morgan fingerprint density at radius 3 is 2.26 bits per heavy atom. The van der Waals surface area contributed by atoms with Gasteiger partial charge in [-0.15, -0.1) is 11.6 Å². The number of benzene rings is 2. The molecule has 6 nitrogen and oxygen atoms in total. The van der Waals surface area contributed by atoms with Gasteiger partial charge in [-0.1, -0.05) is 30.3 Å². The number of amides is 4. The SMILES string of the molecule is O=C1NC(=O)[C@](CNC(=O)c2ccccc2-c2ccc(C(F)(F)F)cc2)(C2(Cl)CC2)N1. The van der Waals surface area contributed by atoms with E-state index in [1.165, 1.54) is 18.2 Å². The smallest absolute Gasteiger partial charge is 0.349 e. The molecule has 2 aromatic rings. The maximum absolute atomic E-state index is 12.9. The summed E-state index contributed by atoms with van der Waals surface area (Å²) < 4.78 is 38.5. The summed E-state index contributed by atoms with van der Waals surface area (Å²) in [6.45, 7) is -0.228. The summed E-state index contributed by atoms with van der Waals surface area (Å²) in [5.74, 6) is -1.16. The van der Waals surface area contributed by atoms with Crippen LogP contribution < -0.4 is 16.0 Å². The van der Waals surface area contributed by atoms with E-state index < -0.39 is 40.0 Å². The van der Waals surface area contributed by atoms with Gasteiger partial charge in [0.1, 0.15) is 0 Å². The summed E-state index contributed by atoms with van der Waals surface area (Å²) >= 11 is 6.46. The fourth-order valence-electron chi connectivity index (χ4n) is 3.71. The van der Waals surface area contributed by atoms with Gasteiger partial charge < -0.3 is 10.6 Å². The van der Waals surface area contributed by atoms with Crippen LogP contribution in [0.4, 0.5) is 18.0 Å². The van der Waals surface area contributed by atoms with Crippen molar-refractivity contribution in [2.45, 2.75) is 29.4 Å². The minimum absolute atomic E-state index is 0.210. The van der Waals surface area contributed by atoms with Crippen LogP contribution in [0.5, 0.6) is 0 Å². The first-order chi connectivity index (χ1) is 14.6. The molecule has 0 spiro atoms. The van der Waals surface area contributed by atoms with E-state index in [4.69, 9.17) is 11.6 Å². The van der Waals surface area contributed by atoms with Crippen LogP contribution in [0.15, 0.2) is 48.5 Å². The van der Waals surface area contributed by atoms with Gasteiger partial charge in [-0.05, 0) is 42.2 Å². The minimum atomic E-state index is -4.46. The molecule has 1 heterocycles. The van der Waals surface area contributed by atoms with Crippen LogP contribution in [0, 0.1) is 0 Å². The van der Waals surface area contributed by atoms with E-state index in [-0.39, 0.29) is 12.1 Å². The Kier molecular flexibility index (Phi) is 4.96. The average Bonchev–Trinajstić information content (AvgIpc) is 3.41. The van der Waals surface area contributed by atoms with Crippen LogP contribution in [-0.4, -0.2) is 34.8 Å². The van der Waals surface area contributed by atoms with E-state index in [9.17, 15) is 27.6 Å². The number of hydrogen-bond acceptors (Lipinski definition) is 3. The van der Waals surface area contributed by atoms with Gasteiger partial charge in [0, 0.05) is 5.56 Å². The number of urea groups is 1. The molecule has 0 bridgehead atoms. The van der Waals surface area contributed by atoms with Crippen molar-refractivity contribution in [3.63, 3.8) is 0 Å². The zero-order valence-electron chi connectivity index (χ0n) is 16.0. The molecule has 31 heavy (non-hydrogen) atoms. The Labute approximate surface area is 180 Å². The molecule has 3 N–H and O–H groups in total. The summed E-state index contributed by atoms with van der Waals surface area (Å²) in [7, 11) is 0. The number of hydrogen-bond donors (Lipinski definition) is 3. The van der Waals surface area contributed by atoms with Crippen molar-refractivity contribution in [3.05, 3.63) is 59.7 Å². The second-order valence-corrected chi connectivity index (χ2v) is 8.31. The van der Waals surface area contributed by atoms with Gasteiger partial charge in [0.15, 0.2) is 5.54 Å². The largest absolute Gasteiger partial charge is 0.416 e. The van der Waals surface area contributed by atoms with Gasteiger partial charge in [0.05, 0.1) is 17.0 Å². The first-order valence-corrected chi connectivity index (χ1v) is 9.81. The van der Waals surface area contributed by atoms with Gasteiger partial charge in [0.25, 0.3) is 11.8 Å². The summed E-state index contributed by atoms with van der Waals surface area (Å²) in [5, 5.41) is 7.34. The molecule has 2 aromatic carbocycles. The number of imide groups is 1. The third-order valence-electron chi connectivity index (χ3n) is 5.60. The zero-order valence-corrected chi connectivity index (χ0v) is 16.7. The predicted octanol–water partition coefficient (Wildman–Crippen LogP) is 3.45. The lowest BCUT2D eigenvalue weighted by atomic mass is 9.92. The predicted molar refractivity (Wildman–Crippen MR) is 106 cm³/mol. The van der Waals surface area contributed by atoms with E-state index in [2.05, 4.69) is 16.0 Å². The van der Waals surface area contributed by atoms with E-state index >= 15 is 0 Å². The normalized spacial score (nSPS) is 21.9. The number of carbonyl (C=O) groups is 3. The van der Waals surface area contributed by atoms with Gasteiger partial charge in [-0.25, -0.2) is 4.79 Å². The van der Waals surface area contributed by atoms with E-state index in [0.717, 1.165) is 12.1 Å². The molecular formula is C21H17ClF3N3O3. The van der Waals surface area contributed by atoms with Gasteiger partial charge >= 0.3 is 12.2 Å². The highest BCUT2D eigenvalue weighted by atomic mass is 35.5. The highest BCUT2D eigenvalue weighted by Gasteiger charge is 2.66. The molecular weight excluding hydrogens is 435 g/mol. The molecule has 1 aliphatic heterocycles. The maximum atomic E-state index is 12.9. The minimum Gasteiger partial charge on any atom is -0.349 e. The standard InChI is InChI=1S/C21H17ClF3N3O3/c22-19(9-10-19)20(17(30)27-18(31)28-20)11-26-16(29)15-4-2-1-3-14(15)12-5-7-13(8-6-12)21(23,24)25/h1-8H,9-11H2,(H,26,29)(H2,27,28,30,31)/t20-/m1/s1. The molecule has 1 saturated heterocycles. The third kappa shape index (κ3) is 3.74. The Balaban J connectivity index is 1.58. The molecule has 1 atom stereocenters. The van der Waals surface area contributed by atoms with Crippen molar-refractivity contribution in [3.8, 4) is 11.1 Å². The molecule has 162 valence electrons. The second kappa shape index (κ2) is 7.26. The average molecular weight is 452 g/mol. The van der Waals surface area contributed by atoms with Gasteiger partial charge in [-0.3, -0.25) is 14.9 Å². The second-order valence-electron chi connectivity index (χ2n) is 7.58. The molecule has 0 radical (unpaired) electrons. The lowest BCUT2D eigenvalue weighted by Gasteiger charge is -2.31. The van der Waals surface area contributed by atoms with Crippen LogP contribution in [-0.2, 0) is 11.0 Å². The fraction of sp³-hybridized carbons (Fsp3) is 0.286. The Hall–Kier alpha value is -3.07. The molecule has 0 aromatic heterocycles. The van der Waals surface area contributed by atoms with Crippen LogP contribution >= 0.6 is 11.6 Å². The number of halogens is 4. The molecule has 2 aliphatic rings. The van der Waals surface area contributed by atoms with Crippen molar-refractivity contribution in [2.24, 2.45) is 0 Å². The van der Waals surface area contributed by atoms with Gasteiger partial charge in [-0.2, -0.15) is 13.2 Å². The first kappa shape index (κ1) is 21.2. The molecule has 0 unspecified atom stereocenters. The first-order valence-electron chi connectivity index (χ1n) is 9.43. The molecule has 4 rings (SSSR count). The number of nitrogens with one attached hydrogen (secondary N) is 3. The number of rotatable bonds is 5. The molecule has 1 aliphatic carbocycles. The zero-order chi connectivity index (χ0) is 22.4. The van der Waals surface area contributed by atoms with E-state index in [1.54, 1.807) is 18.2 Å². The monoisotopic (exact) mass is 451 g/mol. The molecule has 4 amide bonds. The highest BCUT2D eigenvalue weighted by Crippen LogP contribution is 2.51. The molecule has 1 saturated carbocycles. The lowest BCUT2D eigenvalue weighted by molar-refractivity contribution is -0.137. The quantitative estimate of drug-likeness (QED) is 0.480. The summed E-state index contributed by atoms with van der Waals surface area (Å²) in [6.07, 6.45) is -3.46. The van der Waals surface area contributed by atoms with E-state index in [1.807, 2.05) is 0 Å². The Morgan fingerprint density at radius 1 is 1.06 bits per heavy atom. The van der Waals surface area contributed by atoms with Gasteiger partial charge in [0.2, 0.25) is 0 Å². The lowest BCUT2D eigenvalue weighted by Crippen LogP contribution is -2.62. The maximum Gasteiger partial charge on any atom is 0.416 e. The third-order valence-corrected chi connectivity index (χ3v) is 6.31. The van der Waals surface area contributed by atoms with Crippen LogP contribution in [0.2, 0.25) is 0 Å². The van der Waals surface area contributed by atoms with Crippen molar-refractivity contribution in [2.75, 3.05) is 6.54 Å². The van der Waals surface area contributed by atoms with E-state index in [0.29, 0.717) is 24.0 Å². The van der Waals surface area contributed by atoms with Crippen molar-refractivity contribution >= 4 is 29.4 Å². The summed E-state index contributed by atoms with van der Waals surface area (Å²) in [6, 6.07) is 10.2. The number of alkyl halides is 4. The summed E-state index contributed by atoms with van der Waals surface area (Å²) in [5.41, 5.74) is -1.20. The molecule has 2 fully saturated rings. The molecule has 10 heteroatoms. The number of carbonyl (C=O) groups excluding carboxylic acids is 3. The van der Waals surface area contributed by atoms with Crippen LogP contribution in [0.1, 0.15) is 28.8 Å². The Morgan fingerprint density at radius 2 is 1.71 bits per heavy atom. The summed E-state index contributed by atoms with van der Waals surface area (Å²) in [4.78, 5) is 36.1. The topological polar surface area (TPSA) is 87.3 Å². The Bertz CT molecular complexity index is 1070. The van der Waals surface area contributed by atoms with Crippen molar-refractivity contribution in [1.29, 1.82) is 0 Å².